The van der Waals surface area contributed by atoms with E-state index in [2.05, 4.69) is 49.9 Å². The van der Waals surface area contributed by atoms with E-state index >= 15 is 0 Å². The third kappa shape index (κ3) is 3.02. The minimum absolute atomic E-state index is 0.441. The predicted molar refractivity (Wildman–Crippen MR) is 117 cm³/mol. The van der Waals surface area contributed by atoms with Gasteiger partial charge in [-0.3, -0.25) is 9.97 Å². The molecule has 0 aromatic carbocycles. The van der Waals surface area contributed by atoms with Crippen LogP contribution in [0.15, 0.2) is 101 Å². The van der Waals surface area contributed by atoms with Crippen molar-refractivity contribution in [2.45, 2.75) is 0 Å². The molecular formula is C20H10N10. The van der Waals surface area contributed by atoms with Gasteiger partial charge in [0.15, 0.2) is 46.7 Å². The molecule has 6 rings (SSSR count). The molecule has 10 heteroatoms. The second-order valence-electron chi connectivity index (χ2n) is 6.37. The molecule has 0 aliphatic carbocycles. The molecule has 1 aromatic rings. The molecule has 0 amide bonds. The number of aromatic nitrogens is 2. The first-order valence-corrected chi connectivity index (χ1v) is 9.01. The highest BCUT2D eigenvalue weighted by atomic mass is 15.1. The Morgan fingerprint density at radius 3 is 1.47 bits per heavy atom. The van der Waals surface area contributed by atoms with E-state index in [9.17, 15) is 0 Å². The van der Waals surface area contributed by atoms with Crippen LogP contribution < -0.4 is 0 Å². The fourth-order valence-corrected chi connectivity index (χ4v) is 3.02. The quantitative estimate of drug-likeness (QED) is 0.725. The molecule has 0 N–H and O–H groups in total. The first-order chi connectivity index (χ1) is 14.8. The summed E-state index contributed by atoms with van der Waals surface area (Å²) < 4.78 is 0. The number of hydrogen-bond acceptors (Lipinski definition) is 10. The number of aliphatic imine (C=N–C) groups is 8. The maximum atomic E-state index is 4.58. The Balaban J connectivity index is 1.51. The van der Waals surface area contributed by atoms with Gasteiger partial charge < -0.3 is 0 Å². The Kier molecular flexibility index (Phi) is 3.54. The van der Waals surface area contributed by atoms with E-state index in [0.29, 0.717) is 58.0 Å². The summed E-state index contributed by atoms with van der Waals surface area (Å²) in [5, 5.41) is 0. The molecule has 5 aliphatic rings. The van der Waals surface area contributed by atoms with Gasteiger partial charge in [-0.05, 0) is 42.5 Å². The molecule has 0 unspecified atom stereocenters. The highest BCUT2D eigenvalue weighted by Crippen LogP contribution is 2.21. The van der Waals surface area contributed by atoms with E-state index in [0.717, 1.165) is 0 Å². The largest absolute Gasteiger partial charge is 0.261 e. The zero-order chi connectivity index (χ0) is 19.9. The van der Waals surface area contributed by atoms with Crippen LogP contribution >= 0.6 is 0 Å². The van der Waals surface area contributed by atoms with Gasteiger partial charge in [0, 0.05) is 12.4 Å². The highest BCUT2D eigenvalue weighted by Gasteiger charge is 2.21. The number of hydrogen-bond donors (Lipinski definition) is 0. The van der Waals surface area contributed by atoms with Crippen molar-refractivity contribution in [3.05, 3.63) is 66.8 Å². The van der Waals surface area contributed by atoms with Crippen LogP contribution in [-0.4, -0.2) is 56.7 Å². The summed E-state index contributed by atoms with van der Waals surface area (Å²) in [5.41, 5.74) is 1.34. The number of nitrogens with zero attached hydrogens (tertiary/aromatic N) is 10. The smallest absolute Gasteiger partial charge is 0.166 e. The van der Waals surface area contributed by atoms with Gasteiger partial charge in [-0.25, -0.2) is 39.9 Å². The monoisotopic (exact) mass is 390 g/mol. The summed E-state index contributed by atoms with van der Waals surface area (Å²) in [6.07, 6.45) is 17.3. The van der Waals surface area contributed by atoms with Gasteiger partial charge in [-0.1, -0.05) is 0 Å². The van der Waals surface area contributed by atoms with Gasteiger partial charge in [-0.2, -0.15) is 0 Å². The zero-order valence-electron chi connectivity index (χ0n) is 15.2. The molecule has 0 atom stereocenters. The summed E-state index contributed by atoms with van der Waals surface area (Å²) in [4.78, 5) is 44.2. The second kappa shape index (κ2) is 6.48. The third-order valence-electron chi connectivity index (χ3n) is 4.31. The number of amidine groups is 8. The van der Waals surface area contributed by atoms with Crippen LogP contribution in [0.3, 0.4) is 0 Å². The van der Waals surface area contributed by atoms with E-state index < -0.39 is 0 Å². The average Bonchev–Trinajstić information content (AvgIpc) is 3.53. The standard InChI is InChI=1S/C20H10N10/c1-2-14-23-13(1)24-15-3-4-17(26-15)28-19-9-11(12-10-21-7-8-22-12)20(30-19)29-18-6-5-16(25-14)27-18/h1-10H. The minimum atomic E-state index is 0.441. The third-order valence-corrected chi connectivity index (χ3v) is 4.31. The molecule has 140 valence electrons. The van der Waals surface area contributed by atoms with E-state index in [1.807, 2.05) is 0 Å². The molecule has 0 fully saturated rings. The minimum Gasteiger partial charge on any atom is -0.261 e. The van der Waals surface area contributed by atoms with Crippen LogP contribution in [0.1, 0.15) is 5.69 Å². The van der Waals surface area contributed by atoms with Gasteiger partial charge in [0.05, 0.1) is 17.5 Å². The van der Waals surface area contributed by atoms with Crippen molar-refractivity contribution < 1.29 is 0 Å². The Labute approximate surface area is 169 Å². The average molecular weight is 390 g/mol. The lowest BCUT2D eigenvalue weighted by Gasteiger charge is -2.00. The molecule has 1 aromatic heterocycles. The van der Waals surface area contributed by atoms with Gasteiger partial charge in [0.2, 0.25) is 0 Å². The van der Waals surface area contributed by atoms with Crippen molar-refractivity contribution in [3.63, 3.8) is 0 Å². The molecule has 0 radical (unpaired) electrons. The van der Waals surface area contributed by atoms with Crippen molar-refractivity contribution in [2.75, 3.05) is 0 Å². The summed E-state index contributed by atoms with van der Waals surface area (Å²) in [5.74, 6) is 3.88. The summed E-state index contributed by atoms with van der Waals surface area (Å²) in [7, 11) is 0. The fraction of sp³-hybridized carbons (Fsp3) is 0. The lowest BCUT2D eigenvalue weighted by atomic mass is 10.2. The Bertz CT molecular complexity index is 1360. The van der Waals surface area contributed by atoms with E-state index in [-0.39, 0.29) is 0 Å². The van der Waals surface area contributed by atoms with Gasteiger partial charge in [-0.15, -0.1) is 0 Å². The number of fused-ring (bicyclic) bond motifs is 4. The summed E-state index contributed by atoms with van der Waals surface area (Å²) >= 11 is 0. The summed E-state index contributed by atoms with van der Waals surface area (Å²) in [6.45, 7) is 0. The number of rotatable bonds is 1. The van der Waals surface area contributed by atoms with Crippen molar-refractivity contribution in [2.24, 2.45) is 39.9 Å². The molecule has 0 spiro atoms. The molecule has 5 aliphatic heterocycles. The lowest BCUT2D eigenvalue weighted by molar-refractivity contribution is 1.17. The maximum Gasteiger partial charge on any atom is 0.166 e. The molecule has 30 heavy (non-hydrogen) atoms. The molecule has 0 saturated heterocycles. The van der Waals surface area contributed by atoms with Crippen LogP contribution in [0.4, 0.5) is 0 Å². The molecular weight excluding hydrogens is 380 g/mol. The Morgan fingerprint density at radius 2 is 0.967 bits per heavy atom. The van der Waals surface area contributed by atoms with Gasteiger partial charge in [0.25, 0.3) is 0 Å². The van der Waals surface area contributed by atoms with Gasteiger partial charge >= 0.3 is 0 Å². The second-order valence-corrected chi connectivity index (χ2v) is 6.37. The van der Waals surface area contributed by atoms with E-state index in [1.165, 1.54) is 0 Å². The predicted octanol–water partition coefficient (Wildman–Crippen LogP) is 1.78. The van der Waals surface area contributed by atoms with Crippen molar-refractivity contribution in [3.8, 4) is 0 Å². The zero-order valence-corrected chi connectivity index (χ0v) is 15.2. The van der Waals surface area contributed by atoms with Crippen molar-refractivity contribution in [1.82, 2.24) is 9.97 Å². The van der Waals surface area contributed by atoms with Crippen molar-refractivity contribution in [1.29, 1.82) is 0 Å². The van der Waals surface area contributed by atoms with Crippen LogP contribution in [0.2, 0.25) is 0 Å². The van der Waals surface area contributed by atoms with Crippen molar-refractivity contribution >= 4 is 52.3 Å². The molecule has 0 saturated carbocycles. The normalized spacial score (nSPS) is 20.7. The Morgan fingerprint density at radius 1 is 0.467 bits per heavy atom. The molecule has 10 nitrogen and oxygen atoms in total. The lowest BCUT2D eigenvalue weighted by Crippen LogP contribution is -2.02. The Hall–Kier alpha value is -4.60. The van der Waals surface area contributed by atoms with Crippen LogP contribution in [0.25, 0.3) is 5.57 Å². The first kappa shape index (κ1) is 16.4. The topological polar surface area (TPSA) is 125 Å². The summed E-state index contributed by atoms with van der Waals surface area (Å²) in [6, 6.07) is 0. The highest BCUT2D eigenvalue weighted by molar-refractivity contribution is 6.38. The van der Waals surface area contributed by atoms with E-state index in [1.54, 1.807) is 61.1 Å². The van der Waals surface area contributed by atoms with Crippen LogP contribution in [0.5, 0.6) is 0 Å². The maximum absolute atomic E-state index is 4.58. The fourth-order valence-electron chi connectivity index (χ4n) is 3.02. The molecule has 8 bridgehead atoms. The molecule has 6 heterocycles. The van der Waals surface area contributed by atoms with Gasteiger partial charge in [0.1, 0.15) is 0 Å². The first-order valence-electron chi connectivity index (χ1n) is 9.01. The SMILES string of the molecule is C1=CC2=NC3=NC(=NC4=NC(=NC5=NC(=NC1=N2)C=C5)C=C4c1cnccn1)C=C3. The van der Waals surface area contributed by atoms with Crippen LogP contribution in [0, 0.1) is 0 Å². The van der Waals surface area contributed by atoms with Crippen LogP contribution in [-0.2, 0) is 0 Å². The van der Waals surface area contributed by atoms with E-state index in [4.69, 9.17) is 0 Å².